The van der Waals surface area contributed by atoms with Gasteiger partial charge in [0.25, 0.3) is 0 Å². The molecule has 0 bridgehead atoms. The molecule has 1 nitrogen and oxygen atoms in total. The van der Waals surface area contributed by atoms with Gasteiger partial charge in [-0.25, -0.2) is 4.98 Å². The molecule has 0 aliphatic rings. The third-order valence-electron chi connectivity index (χ3n) is 5.05. The summed E-state index contributed by atoms with van der Waals surface area (Å²) in [5.41, 5.74) is 8.78. The highest BCUT2D eigenvalue weighted by molar-refractivity contribution is 6.34. The Morgan fingerprint density at radius 2 is 1.39 bits per heavy atom. The van der Waals surface area contributed by atoms with Crippen molar-refractivity contribution < 1.29 is 0 Å². The van der Waals surface area contributed by atoms with Gasteiger partial charge in [-0.15, -0.1) is 12.4 Å². The lowest BCUT2D eigenvalue weighted by molar-refractivity contribution is 1.28. The van der Waals surface area contributed by atoms with Gasteiger partial charge < -0.3 is 0 Å². The van der Waals surface area contributed by atoms with Gasteiger partial charge in [-0.2, -0.15) is 0 Å². The molecule has 4 aromatic rings. The second kappa shape index (κ2) is 8.13. The van der Waals surface area contributed by atoms with Crippen molar-refractivity contribution >= 4 is 46.5 Å². The SMILES string of the molecule is Cc1cc(C)c(-c2cc(-c3ccccc3Cl)c3cc(Cl)ccc3n2)cc1C.Cl. The summed E-state index contributed by atoms with van der Waals surface area (Å²) >= 11 is 12.8. The van der Waals surface area contributed by atoms with Gasteiger partial charge in [-0.1, -0.05) is 47.5 Å². The molecule has 0 unspecified atom stereocenters. The summed E-state index contributed by atoms with van der Waals surface area (Å²) in [6.07, 6.45) is 0. The van der Waals surface area contributed by atoms with Crippen molar-refractivity contribution in [2.45, 2.75) is 20.8 Å². The molecule has 0 saturated heterocycles. The minimum absolute atomic E-state index is 0. The molecule has 0 radical (unpaired) electrons. The number of fused-ring (bicyclic) bond motifs is 1. The summed E-state index contributed by atoms with van der Waals surface area (Å²) in [5.74, 6) is 0. The molecular weight excluding hydrogens is 409 g/mol. The Morgan fingerprint density at radius 1 is 0.679 bits per heavy atom. The first kappa shape index (κ1) is 20.7. The Bertz CT molecular complexity index is 1180. The minimum atomic E-state index is 0. The summed E-state index contributed by atoms with van der Waals surface area (Å²) in [6.45, 7) is 6.40. The van der Waals surface area contributed by atoms with E-state index in [0.717, 1.165) is 33.3 Å². The number of aryl methyl sites for hydroxylation is 3. The van der Waals surface area contributed by atoms with Crippen LogP contribution in [0, 0.1) is 20.8 Å². The molecule has 0 aliphatic heterocycles. The standard InChI is InChI=1S/C24H19Cl2N.ClH/c1-14-10-16(3)19(11-15(14)2)24-13-20(18-6-4-5-7-22(18)26)21-12-17(25)8-9-23(21)27-24;/h4-13H,1-3H3;1H. The van der Waals surface area contributed by atoms with Crippen LogP contribution >= 0.6 is 35.6 Å². The average molecular weight is 429 g/mol. The molecule has 0 amide bonds. The van der Waals surface area contributed by atoms with E-state index in [1.807, 2.05) is 42.5 Å². The Kier molecular flexibility index (Phi) is 6.00. The highest BCUT2D eigenvalue weighted by Crippen LogP contribution is 2.37. The van der Waals surface area contributed by atoms with Gasteiger partial charge in [0.2, 0.25) is 0 Å². The van der Waals surface area contributed by atoms with Crippen molar-refractivity contribution in [3.05, 3.63) is 87.4 Å². The number of rotatable bonds is 2. The summed E-state index contributed by atoms with van der Waals surface area (Å²) in [6, 6.07) is 20.2. The highest BCUT2D eigenvalue weighted by atomic mass is 35.5. The lowest BCUT2D eigenvalue weighted by Crippen LogP contribution is -1.94. The van der Waals surface area contributed by atoms with Crippen LogP contribution in [-0.4, -0.2) is 4.98 Å². The largest absolute Gasteiger partial charge is 0.248 e. The predicted molar refractivity (Wildman–Crippen MR) is 124 cm³/mol. The first-order valence-corrected chi connectivity index (χ1v) is 9.63. The monoisotopic (exact) mass is 427 g/mol. The van der Waals surface area contributed by atoms with E-state index in [1.165, 1.54) is 16.7 Å². The second-order valence-corrected chi connectivity index (χ2v) is 7.79. The van der Waals surface area contributed by atoms with Gasteiger partial charge in [0.15, 0.2) is 0 Å². The zero-order valence-corrected chi connectivity index (χ0v) is 18.2. The third kappa shape index (κ3) is 3.75. The summed E-state index contributed by atoms with van der Waals surface area (Å²) in [5, 5.41) is 2.40. The van der Waals surface area contributed by atoms with Crippen LogP contribution in [0.4, 0.5) is 0 Å². The van der Waals surface area contributed by atoms with Gasteiger partial charge >= 0.3 is 0 Å². The molecule has 3 aromatic carbocycles. The van der Waals surface area contributed by atoms with Crippen LogP contribution in [0.25, 0.3) is 33.3 Å². The van der Waals surface area contributed by atoms with E-state index in [9.17, 15) is 0 Å². The molecule has 142 valence electrons. The van der Waals surface area contributed by atoms with Crippen molar-refractivity contribution in [1.82, 2.24) is 4.98 Å². The number of aromatic nitrogens is 1. The maximum absolute atomic E-state index is 6.52. The van der Waals surface area contributed by atoms with Crippen LogP contribution in [0.3, 0.4) is 0 Å². The van der Waals surface area contributed by atoms with E-state index < -0.39 is 0 Å². The molecule has 0 atom stereocenters. The van der Waals surface area contributed by atoms with Crippen molar-refractivity contribution in [1.29, 1.82) is 0 Å². The Morgan fingerprint density at radius 3 is 2.14 bits per heavy atom. The Balaban J connectivity index is 0.00000225. The lowest BCUT2D eigenvalue weighted by atomic mass is 9.94. The molecule has 0 fully saturated rings. The van der Waals surface area contributed by atoms with Crippen molar-refractivity contribution in [2.75, 3.05) is 0 Å². The van der Waals surface area contributed by atoms with Gasteiger partial charge in [-0.3, -0.25) is 0 Å². The zero-order valence-electron chi connectivity index (χ0n) is 15.9. The smallest absolute Gasteiger partial charge is 0.0718 e. The van der Waals surface area contributed by atoms with E-state index in [0.29, 0.717) is 10.0 Å². The average Bonchev–Trinajstić information content (AvgIpc) is 2.64. The number of benzene rings is 3. The van der Waals surface area contributed by atoms with Crippen LogP contribution in [0.5, 0.6) is 0 Å². The Hall–Kier alpha value is -2.06. The van der Waals surface area contributed by atoms with E-state index >= 15 is 0 Å². The van der Waals surface area contributed by atoms with Gasteiger partial charge in [0.1, 0.15) is 0 Å². The molecule has 4 rings (SSSR count). The van der Waals surface area contributed by atoms with Crippen molar-refractivity contribution in [3.8, 4) is 22.4 Å². The second-order valence-electron chi connectivity index (χ2n) is 6.95. The van der Waals surface area contributed by atoms with E-state index in [-0.39, 0.29) is 12.4 Å². The van der Waals surface area contributed by atoms with Crippen molar-refractivity contribution in [2.24, 2.45) is 0 Å². The van der Waals surface area contributed by atoms with E-state index in [2.05, 4.69) is 39.0 Å². The molecule has 0 N–H and O–H groups in total. The molecule has 28 heavy (non-hydrogen) atoms. The molecular formula is C24H20Cl3N. The van der Waals surface area contributed by atoms with Crippen molar-refractivity contribution in [3.63, 3.8) is 0 Å². The predicted octanol–water partition coefficient (Wildman–Crippen LogP) is 8.22. The quantitative estimate of drug-likeness (QED) is 0.313. The highest BCUT2D eigenvalue weighted by Gasteiger charge is 2.14. The normalized spacial score (nSPS) is 10.8. The number of hydrogen-bond donors (Lipinski definition) is 0. The maximum Gasteiger partial charge on any atom is 0.0718 e. The first-order valence-electron chi connectivity index (χ1n) is 8.87. The summed E-state index contributed by atoms with van der Waals surface area (Å²) in [7, 11) is 0. The van der Waals surface area contributed by atoms with Crippen LogP contribution in [0.15, 0.2) is 60.7 Å². The maximum atomic E-state index is 6.52. The zero-order chi connectivity index (χ0) is 19.1. The van der Waals surface area contributed by atoms with Crippen LogP contribution in [0.2, 0.25) is 10.0 Å². The topological polar surface area (TPSA) is 12.9 Å². The number of halogens is 3. The first-order chi connectivity index (χ1) is 12.9. The van der Waals surface area contributed by atoms with Gasteiger partial charge in [0, 0.05) is 26.6 Å². The molecule has 1 heterocycles. The lowest BCUT2D eigenvalue weighted by Gasteiger charge is -2.14. The summed E-state index contributed by atoms with van der Waals surface area (Å²) in [4.78, 5) is 4.93. The van der Waals surface area contributed by atoms with Crippen LogP contribution < -0.4 is 0 Å². The number of hydrogen-bond acceptors (Lipinski definition) is 1. The molecule has 1 aromatic heterocycles. The van der Waals surface area contributed by atoms with Crippen LogP contribution in [0.1, 0.15) is 16.7 Å². The molecule has 4 heteroatoms. The fraction of sp³-hybridized carbons (Fsp3) is 0.125. The fourth-order valence-corrected chi connectivity index (χ4v) is 3.88. The molecule has 0 spiro atoms. The molecule has 0 aliphatic carbocycles. The number of nitrogens with zero attached hydrogens (tertiary/aromatic N) is 1. The summed E-state index contributed by atoms with van der Waals surface area (Å²) < 4.78 is 0. The van der Waals surface area contributed by atoms with Gasteiger partial charge in [0.05, 0.1) is 11.2 Å². The number of pyridine rings is 1. The molecule has 0 saturated carbocycles. The van der Waals surface area contributed by atoms with Gasteiger partial charge in [-0.05, 0) is 79.4 Å². The van der Waals surface area contributed by atoms with E-state index in [4.69, 9.17) is 28.2 Å². The fourth-order valence-electron chi connectivity index (χ4n) is 3.47. The minimum Gasteiger partial charge on any atom is -0.248 e. The Labute approximate surface area is 181 Å². The van der Waals surface area contributed by atoms with E-state index in [1.54, 1.807) is 0 Å². The van der Waals surface area contributed by atoms with Crippen LogP contribution in [-0.2, 0) is 0 Å². The third-order valence-corrected chi connectivity index (χ3v) is 5.62.